The van der Waals surface area contributed by atoms with Crippen LogP contribution in [0.4, 0.5) is 11.4 Å². The second kappa shape index (κ2) is 4.83. The van der Waals surface area contributed by atoms with E-state index in [9.17, 15) is 13.0 Å². The first kappa shape index (κ1) is 14.7. The highest BCUT2D eigenvalue weighted by molar-refractivity contribution is 7.86. The van der Waals surface area contributed by atoms with Crippen molar-refractivity contribution in [1.82, 2.24) is 0 Å². The molecule has 5 N–H and O–H groups in total. The summed E-state index contributed by atoms with van der Waals surface area (Å²) in [7, 11) is -4.50. The van der Waals surface area contributed by atoms with Gasteiger partial charge in [0.1, 0.15) is 4.90 Å². The van der Waals surface area contributed by atoms with Crippen molar-refractivity contribution in [1.29, 1.82) is 0 Å². The molecule has 0 aliphatic carbocycles. The van der Waals surface area contributed by atoms with Gasteiger partial charge < -0.3 is 11.5 Å². The Kier molecular flexibility index (Phi) is 2.97. The minimum atomic E-state index is -4.50. The summed E-state index contributed by atoms with van der Waals surface area (Å²) in [4.78, 5) is -0.340. The first-order valence-corrected chi connectivity index (χ1v) is 8.71. The predicted octanol–water partition coefficient (Wildman–Crippen LogP) is 3.56. The van der Waals surface area contributed by atoms with Gasteiger partial charge in [-0.2, -0.15) is 8.42 Å². The highest BCUT2D eigenvalue weighted by Crippen LogP contribution is 2.38. The summed E-state index contributed by atoms with van der Waals surface area (Å²) >= 11 is 0. The Bertz CT molecular complexity index is 1250. The Labute approximate surface area is 138 Å². The number of hydrogen-bond acceptors (Lipinski definition) is 4. The van der Waals surface area contributed by atoms with Gasteiger partial charge in [-0.25, -0.2) is 0 Å². The van der Waals surface area contributed by atoms with Gasteiger partial charge in [0.05, 0.1) is 11.4 Å². The lowest BCUT2D eigenvalue weighted by atomic mass is 9.96. The molecule has 0 saturated carbocycles. The van der Waals surface area contributed by atoms with E-state index in [0.29, 0.717) is 10.8 Å². The predicted molar refractivity (Wildman–Crippen MR) is 97.6 cm³/mol. The smallest absolute Gasteiger partial charge is 0.297 e. The molecule has 0 unspecified atom stereocenters. The van der Waals surface area contributed by atoms with Crippen molar-refractivity contribution in [3.05, 3.63) is 54.6 Å². The number of anilines is 2. The number of rotatable bonds is 1. The monoisotopic (exact) mass is 338 g/mol. The Morgan fingerprint density at radius 3 is 2.12 bits per heavy atom. The highest BCUT2D eigenvalue weighted by atomic mass is 32.2. The van der Waals surface area contributed by atoms with Crippen LogP contribution in [0.2, 0.25) is 0 Å². The summed E-state index contributed by atoms with van der Waals surface area (Å²) in [6.07, 6.45) is 0. The molecule has 4 aromatic rings. The third-order valence-electron chi connectivity index (χ3n) is 4.33. The third kappa shape index (κ3) is 2.01. The van der Waals surface area contributed by atoms with E-state index in [1.165, 1.54) is 0 Å². The van der Waals surface area contributed by atoms with Gasteiger partial charge in [0.2, 0.25) is 0 Å². The zero-order valence-corrected chi connectivity index (χ0v) is 13.3. The van der Waals surface area contributed by atoms with Gasteiger partial charge in [-0.15, -0.1) is 0 Å². The molecule has 0 aliphatic heterocycles. The zero-order valence-electron chi connectivity index (χ0n) is 12.5. The molecule has 4 aromatic carbocycles. The number of nitrogens with two attached hydrogens (primary N) is 2. The maximum absolute atomic E-state index is 11.8. The summed E-state index contributed by atoms with van der Waals surface area (Å²) in [5.74, 6) is 0. The second-order valence-corrected chi connectivity index (χ2v) is 7.08. The summed E-state index contributed by atoms with van der Waals surface area (Å²) in [5, 5.41) is 4.96. The molecule has 6 heteroatoms. The quantitative estimate of drug-likeness (QED) is 0.279. The minimum absolute atomic E-state index is 0.121. The van der Waals surface area contributed by atoms with E-state index < -0.39 is 10.1 Å². The van der Waals surface area contributed by atoms with Gasteiger partial charge >= 0.3 is 0 Å². The van der Waals surface area contributed by atoms with E-state index in [4.69, 9.17) is 11.5 Å². The van der Waals surface area contributed by atoms with Gasteiger partial charge in [0.15, 0.2) is 0 Å². The van der Waals surface area contributed by atoms with Crippen molar-refractivity contribution in [3.8, 4) is 0 Å². The largest absolute Gasteiger partial charge is 0.397 e. The topological polar surface area (TPSA) is 106 Å². The molecule has 0 fully saturated rings. The standard InChI is InChI=1S/C18H14N2O3S/c19-16-9-15-13-6-5-10-3-1-2-4-11(10)12(13)7-8-14(15)18(17(16)20)24(21,22)23/h1-9H,19-20H2,(H,21,22,23). The van der Waals surface area contributed by atoms with Crippen LogP contribution in [0.5, 0.6) is 0 Å². The SMILES string of the molecule is Nc1cc2c(ccc3c4ccccc4ccc23)c(S(=O)(=O)O)c1N. The molecule has 0 aliphatic rings. The fraction of sp³-hybridized carbons (Fsp3) is 0. The van der Waals surface area contributed by atoms with Crippen LogP contribution < -0.4 is 11.5 Å². The number of benzene rings is 4. The maximum atomic E-state index is 11.8. The molecule has 0 radical (unpaired) electrons. The average Bonchev–Trinajstić information content (AvgIpc) is 2.54. The molecule has 0 aromatic heterocycles. The summed E-state index contributed by atoms with van der Waals surface area (Å²) in [6.45, 7) is 0. The molecule has 24 heavy (non-hydrogen) atoms. The Morgan fingerprint density at radius 2 is 1.38 bits per heavy atom. The summed E-state index contributed by atoms with van der Waals surface area (Å²) in [6, 6.07) is 17.0. The van der Waals surface area contributed by atoms with Gasteiger partial charge in [0.25, 0.3) is 10.1 Å². The number of hydrogen-bond donors (Lipinski definition) is 3. The fourth-order valence-electron chi connectivity index (χ4n) is 3.25. The van der Waals surface area contributed by atoms with E-state index in [1.807, 2.05) is 42.5 Å². The van der Waals surface area contributed by atoms with Gasteiger partial charge in [-0.1, -0.05) is 48.5 Å². The second-order valence-electron chi connectivity index (χ2n) is 5.73. The Hall–Kier alpha value is -2.83. The zero-order chi connectivity index (χ0) is 17.1. The van der Waals surface area contributed by atoms with E-state index in [2.05, 4.69) is 0 Å². The van der Waals surface area contributed by atoms with Crippen molar-refractivity contribution in [2.24, 2.45) is 0 Å². The average molecular weight is 338 g/mol. The van der Waals surface area contributed by atoms with Crippen LogP contribution in [0.3, 0.4) is 0 Å². The van der Waals surface area contributed by atoms with Crippen molar-refractivity contribution in [2.45, 2.75) is 4.90 Å². The minimum Gasteiger partial charge on any atom is -0.397 e. The lowest BCUT2D eigenvalue weighted by Crippen LogP contribution is -2.07. The Morgan fingerprint density at radius 1 is 0.750 bits per heavy atom. The van der Waals surface area contributed by atoms with E-state index in [1.54, 1.807) is 12.1 Å². The lowest BCUT2D eigenvalue weighted by Gasteiger charge is -2.13. The fourth-order valence-corrected chi connectivity index (χ4v) is 4.10. The molecule has 0 bridgehead atoms. The summed E-state index contributed by atoms with van der Waals surface area (Å²) in [5.41, 5.74) is 11.7. The van der Waals surface area contributed by atoms with Gasteiger partial charge in [0, 0.05) is 5.39 Å². The molecular formula is C18H14N2O3S. The van der Waals surface area contributed by atoms with Crippen molar-refractivity contribution in [3.63, 3.8) is 0 Å². The highest BCUT2D eigenvalue weighted by Gasteiger charge is 2.21. The number of fused-ring (bicyclic) bond motifs is 5. The van der Waals surface area contributed by atoms with Crippen LogP contribution >= 0.6 is 0 Å². The Balaban J connectivity index is 2.29. The maximum Gasteiger partial charge on any atom is 0.297 e. The van der Waals surface area contributed by atoms with Crippen molar-refractivity contribution < 1.29 is 13.0 Å². The van der Waals surface area contributed by atoms with E-state index in [-0.39, 0.29) is 16.3 Å². The van der Waals surface area contributed by atoms with Crippen LogP contribution in [0.25, 0.3) is 32.3 Å². The molecule has 0 saturated heterocycles. The molecule has 4 rings (SSSR count). The third-order valence-corrected chi connectivity index (χ3v) is 5.28. The van der Waals surface area contributed by atoms with Crippen LogP contribution in [0, 0.1) is 0 Å². The van der Waals surface area contributed by atoms with Crippen molar-refractivity contribution in [2.75, 3.05) is 11.5 Å². The van der Waals surface area contributed by atoms with Crippen molar-refractivity contribution >= 4 is 53.8 Å². The van der Waals surface area contributed by atoms with Crippen LogP contribution in [0.15, 0.2) is 59.5 Å². The molecule has 5 nitrogen and oxygen atoms in total. The summed E-state index contributed by atoms with van der Waals surface area (Å²) < 4.78 is 33.1. The van der Waals surface area contributed by atoms with E-state index >= 15 is 0 Å². The van der Waals surface area contributed by atoms with Gasteiger partial charge in [-0.05, 0) is 33.0 Å². The molecule has 0 heterocycles. The van der Waals surface area contributed by atoms with Crippen LogP contribution in [-0.4, -0.2) is 13.0 Å². The normalized spacial score (nSPS) is 12.2. The molecule has 0 amide bonds. The molecule has 0 spiro atoms. The van der Waals surface area contributed by atoms with Crippen LogP contribution in [-0.2, 0) is 10.1 Å². The van der Waals surface area contributed by atoms with Gasteiger partial charge in [-0.3, -0.25) is 4.55 Å². The lowest BCUT2D eigenvalue weighted by molar-refractivity contribution is 0.484. The van der Waals surface area contributed by atoms with E-state index in [0.717, 1.165) is 21.5 Å². The van der Waals surface area contributed by atoms with Crippen LogP contribution in [0.1, 0.15) is 0 Å². The molecule has 120 valence electrons. The number of nitrogen functional groups attached to an aromatic ring is 2. The first-order chi connectivity index (χ1) is 11.4. The molecular weight excluding hydrogens is 324 g/mol. The first-order valence-electron chi connectivity index (χ1n) is 7.27. The molecule has 0 atom stereocenters.